The van der Waals surface area contributed by atoms with Crippen molar-refractivity contribution in [3.63, 3.8) is 0 Å². The van der Waals surface area contributed by atoms with Gasteiger partial charge in [0.05, 0.1) is 12.7 Å². The average molecular weight is 310 g/mol. The highest BCUT2D eigenvalue weighted by Crippen LogP contribution is 2.19. The molecule has 0 saturated heterocycles. The highest BCUT2D eigenvalue weighted by Gasteiger charge is 2.07. The van der Waals surface area contributed by atoms with Crippen LogP contribution in [0.1, 0.15) is 23.2 Å². The second-order valence-corrected chi connectivity index (χ2v) is 4.96. The Bertz CT molecular complexity index is 548. The monoisotopic (exact) mass is 309 g/mol. The van der Waals surface area contributed by atoms with Crippen molar-refractivity contribution in [2.24, 2.45) is 0 Å². The number of carbonyl (C=O) groups is 1. The number of aromatic nitrogens is 1. The fraction of sp³-hybridized carbons (Fsp3) is 0.357. The van der Waals surface area contributed by atoms with Crippen molar-refractivity contribution in [1.29, 1.82) is 0 Å². The molecule has 0 radical (unpaired) electrons. The lowest BCUT2D eigenvalue weighted by Crippen LogP contribution is -2.01. The Hall–Kier alpha value is -1.29. The molecule has 0 aliphatic rings. The molecule has 0 spiro atoms. The lowest BCUT2D eigenvalue weighted by Gasteiger charge is -2.05. The van der Waals surface area contributed by atoms with Gasteiger partial charge in [0.2, 0.25) is 0 Å². The van der Waals surface area contributed by atoms with Gasteiger partial charge in [0, 0.05) is 29.0 Å². The van der Waals surface area contributed by atoms with Crippen molar-refractivity contribution < 1.29 is 9.53 Å². The number of rotatable bonds is 5. The van der Waals surface area contributed by atoms with E-state index < -0.39 is 0 Å². The van der Waals surface area contributed by atoms with Crippen LogP contribution in [0, 0.1) is 0 Å². The van der Waals surface area contributed by atoms with Crippen molar-refractivity contribution in [3.05, 3.63) is 36.0 Å². The number of aryl methyl sites for hydroxylation is 1. The Labute approximate surface area is 115 Å². The summed E-state index contributed by atoms with van der Waals surface area (Å²) in [5.74, 6) is -0.288. The molecule has 0 unspecified atom stereocenters. The third-order valence-electron chi connectivity index (χ3n) is 2.97. The molecule has 1 aromatic heterocycles. The van der Waals surface area contributed by atoms with Crippen molar-refractivity contribution in [3.8, 4) is 0 Å². The number of nitrogens with zero attached hydrogens (tertiary/aromatic N) is 1. The summed E-state index contributed by atoms with van der Waals surface area (Å²) < 4.78 is 6.94. The number of hydrogen-bond acceptors (Lipinski definition) is 2. The second-order valence-electron chi connectivity index (χ2n) is 4.17. The topological polar surface area (TPSA) is 31.2 Å². The number of hydrogen-bond donors (Lipinski definition) is 0. The Morgan fingerprint density at radius 1 is 1.33 bits per heavy atom. The van der Waals surface area contributed by atoms with E-state index in [-0.39, 0.29) is 5.97 Å². The number of unbranched alkanes of at least 4 members (excludes halogenated alkanes) is 1. The zero-order valence-corrected chi connectivity index (χ0v) is 11.9. The molecule has 4 heteroatoms. The molecule has 0 aliphatic heterocycles. The summed E-state index contributed by atoms with van der Waals surface area (Å²) in [5.41, 5.74) is 1.76. The summed E-state index contributed by atoms with van der Waals surface area (Å²) in [6, 6.07) is 7.71. The van der Waals surface area contributed by atoms with E-state index in [2.05, 4.69) is 26.7 Å². The molecule has 2 aromatic rings. The zero-order valence-electron chi connectivity index (χ0n) is 10.4. The van der Waals surface area contributed by atoms with Crippen LogP contribution in [-0.2, 0) is 11.3 Å². The summed E-state index contributed by atoms with van der Waals surface area (Å²) in [6.45, 7) is 1.01. The van der Waals surface area contributed by atoms with Gasteiger partial charge in [-0.15, -0.1) is 0 Å². The van der Waals surface area contributed by atoms with Crippen LogP contribution in [-0.4, -0.2) is 23.0 Å². The number of methoxy groups -OCH3 is 1. The summed E-state index contributed by atoms with van der Waals surface area (Å²) >= 11 is 3.44. The van der Waals surface area contributed by atoms with E-state index in [1.54, 1.807) is 0 Å². The Balaban J connectivity index is 2.23. The van der Waals surface area contributed by atoms with Crippen LogP contribution in [0.25, 0.3) is 10.9 Å². The Morgan fingerprint density at radius 2 is 2.17 bits per heavy atom. The van der Waals surface area contributed by atoms with Crippen LogP contribution in [0.2, 0.25) is 0 Å². The lowest BCUT2D eigenvalue weighted by molar-refractivity contribution is 0.0601. The van der Waals surface area contributed by atoms with E-state index in [1.165, 1.54) is 13.5 Å². The molecular formula is C14H16BrNO2. The largest absolute Gasteiger partial charge is 0.465 e. The van der Waals surface area contributed by atoms with E-state index in [9.17, 15) is 4.79 Å². The zero-order chi connectivity index (χ0) is 13.0. The predicted molar refractivity (Wildman–Crippen MR) is 76.3 cm³/mol. The van der Waals surface area contributed by atoms with Crippen molar-refractivity contribution in [2.45, 2.75) is 19.4 Å². The predicted octanol–water partition coefficient (Wildman–Crippen LogP) is 3.60. The number of benzene rings is 1. The van der Waals surface area contributed by atoms with Crippen LogP contribution in [0.4, 0.5) is 0 Å². The molecule has 1 aromatic carbocycles. The van der Waals surface area contributed by atoms with Gasteiger partial charge in [0.15, 0.2) is 0 Å². The van der Waals surface area contributed by atoms with Crippen LogP contribution >= 0.6 is 15.9 Å². The first kappa shape index (κ1) is 13.1. The summed E-state index contributed by atoms with van der Waals surface area (Å²) in [5, 5.41) is 2.12. The SMILES string of the molecule is COC(=O)c1ccc2c(ccn2CCCCBr)c1. The summed E-state index contributed by atoms with van der Waals surface area (Å²) in [4.78, 5) is 11.4. The second kappa shape index (κ2) is 6.05. The minimum atomic E-state index is -0.288. The van der Waals surface area contributed by atoms with Crippen LogP contribution in [0.15, 0.2) is 30.5 Å². The Kier molecular flexibility index (Phi) is 4.42. The van der Waals surface area contributed by atoms with Crippen LogP contribution in [0.3, 0.4) is 0 Å². The Morgan fingerprint density at radius 3 is 2.89 bits per heavy atom. The highest BCUT2D eigenvalue weighted by molar-refractivity contribution is 9.09. The fourth-order valence-electron chi connectivity index (χ4n) is 2.02. The van der Waals surface area contributed by atoms with Crippen molar-refractivity contribution in [2.75, 3.05) is 12.4 Å². The normalized spacial score (nSPS) is 10.8. The molecule has 0 amide bonds. The molecule has 0 N–H and O–H groups in total. The smallest absolute Gasteiger partial charge is 0.337 e. The molecule has 18 heavy (non-hydrogen) atoms. The molecule has 96 valence electrons. The number of fused-ring (bicyclic) bond motifs is 1. The van der Waals surface area contributed by atoms with E-state index in [1.807, 2.05) is 24.3 Å². The van der Waals surface area contributed by atoms with Gasteiger partial charge < -0.3 is 9.30 Å². The van der Waals surface area contributed by atoms with Gasteiger partial charge in [0.1, 0.15) is 0 Å². The molecule has 0 atom stereocenters. The third-order valence-corrected chi connectivity index (χ3v) is 3.54. The maximum absolute atomic E-state index is 11.4. The van der Waals surface area contributed by atoms with E-state index in [0.717, 1.165) is 29.2 Å². The summed E-state index contributed by atoms with van der Waals surface area (Å²) in [7, 11) is 1.40. The molecule has 3 nitrogen and oxygen atoms in total. The van der Waals surface area contributed by atoms with Gasteiger partial charge in [-0.1, -0.05) is 15.9 Å². The van der Waals surface area contributed by atoms with Gasteiger partial charge >= 0.3 is 5.97 Å². The first-order chi connectivity index (χ1) is 8.76. The molecular weight excluding hydrogens is 294 g/mol. The molecule has 0 fully saturated rings. The van der Waals surface area contributed by atoms with Gasteiger partial charge in [0.25, 0.3) is 0 Å². The first-order valence-electron chi connectivity index (χ1n) is 5.99. The number of halogens is 1. The van der Waals surface area contributed by atoms with Gasteiger partial charge in [-0.25, -0.2) is 4.79 Å². The van der Waals surface area contributed by atoms with Gasteiger partial charge in [-0.2, -0.15) is 0 Å². The minimum Gasteiger partial charge on any atom is -0.465 e. The van der Waals surface area contributed by atoms with E-state index >= 15 is 0 Å². The first-order valence-corrected chi connectivity index (χ1v) is 7.11. The molecule has 0 bridgehead atoms. The molecule has 0 saturated carbocycles. The fourth-order valence-corrected chi connectivity index (χ4v) is 2.41. The molecule has 1 heterocycles. The minimum absolute atomic E-state index is 0.288. The quantitative estimate of drug-likeness (QED) is 0.480. The molecule has 2 rings (SSSR count). The highest BCUT2D eigenvalue weighted by atomic mass is 79.9. The van der Waals surface area contributed by atoms with Crippen LogP contribution in [0.5, 0.6) is 0 Å². The summed E-state index contributed by atoms with van der Waals surface area (Å²) in [6.07, 6.45) is 4.38. The maximum Gasteiger partial charge on any atom is 0.337 e. The van der Waals surface area contributed by atoms with Crippen LogP contribution < -0.4 is 0 Å². The van der Waals surface area contributed by atoms with Crippen molar-refractivity contribution >= 4 is 32.8 Å². The van der Waals surface area contributed by atoms with Gasteiger partial charge in [-0.3, -0.25) is 0 Å². The number of ether oxygens (including phenoxy) is 1. The standard InChI is InChI=1S/C14H16BrNO2/c1-18-14(17)12-4-5-13-11(10-12)6-9-16(13)8-3-2-7-15/h4-6,9-10H,2-3,7-8H2,1H3. The maximum atomic E-state index is 11.4. The average Bonchev–Trinajstić information content (AvgIpc) is 2.80. The molecule has 0 aliphatic carbocycles. The number of esters is 1. The number of alkyl halides is 1. The van der Waals surface area contributed by atoms with E-state index in [0.29, 0.717) is 5.56 Å². The van der Waals surface area contributed by atoms with Gasteiger partial charge in [-0.05, 0) is 37.1 Å². The van der Waals surface area contributed by atoms with Crippen molar-refractivity contribution in [1.82, 2.24) is 4.57 Å². The van der Waals surface area contributed by atoms with E-state index in [4.69, 9.17) is 4.74 Å². The number of carbonyl (C=O) groups excluding carboxylic acids is 1. The third kappa shape index (κ3) is 2.75. The lowest BCUT2D eigenvalue weighted by atomic mass is 10.1.